The molecule has 1 heterocycles. The van der Waals surface area contributed by atoms with E-state index in [0.29, 0.717) is 12.0 Å². The fourth-order valence-electron chi connectivity index (χ4n) is 2.83. The van der Waals surface area contributed by atoms with Crippen LogP contribution in [0.4, 0.5) is 0 Å². The number of halogens is 1. The molecule has 3 rings (SSSR count). The zero-order valence-corrected chi connectivity index (χ0v) is 9.00. The number of hydrogen-bond donors (Lipinski definition) is 1. The van der Waals surface area contributed by atoms with Crippen LogP contribution >= 0.6 is 11.6 Å². The first kappa shape index (κ1) is 9.22. The summed E-state index contributed by atoms with van der Waals surface area (Å²) in [6.45, 7) is 0. The van der Waals surface area contributed by atoms with Crippen molar-refractivity contribution in [3.8, 4) is 0 Å². The Morgan fingerprint density at radius 1 is 1.13 bits per heavy atom. The van der Waals surface area contributed by atoms with E-state index in [0.717, 1.165) is 17.9 Å². The Bertz CT molecular complexity index is 401. The Morgan fingerprint density at radius 3 is 2.40 bits per heavy atom. The molecule has 3 atom stereocenters. The molecule has 0 spiro atoms. The summed E-state index contributed by atoms with van der Waals surface area (Å²) in [6.07, 6.45) is 2.09. The molecule has 1 aromatic carbocycles. The average Bonchev–Trinajstić information content (AvgIpc) is 2.77. The van der Waals surface area contributed by atoms with E-state index in [-0.39, 0.29) is 11.8 Å². The first-order chi connectivity index (χ1) is 7.24. The predicted molar refractivity (Wildman–Crippen MR) is 58.8 cm³/mol. The molecule has 0 aromatic heterocycles. The molecule has 78 valence electrons. The highest BCUT2D eigenvalue weighted by molar-refractivity contribution is 6.30. The Labute approximate surface area is 93.6 Å². The molecular weight excluding hydrogens is 210 g/mol. The van der Waals surface area contributed by atoms with Gasteiger partial charge in [-0.3, -0.25) is 4.79 Å². The van der Waals surface area contributed by atoms with Crippen LogP contribution in [0.3, 0.4) is 0 Å². The van der Waals surface area contributed by atoms with Crippen LogP contribution in [0.15, 0.2) is 24.3 Å². The number of rotatable bonds is 1. The fourth-order valence-corrected chi connectivity index (χ4v) is 2.96. The van der Waals surface area contributed by atoms with Crippen molar-refractivity contribution in [3.05, 3.63) is 34.9 Å². The molecule has 1 aliphatic heterocycles. The minimum atomic E-state index is 0.191. The molecule has 1 N–H and O–H groups in total. The molecule has 1 aliphatic carbocycles. The molecule has 0 unspecified atom stereocenters. The second-order valence-electron chi connectivity index (χ2n) is 4.44. The quantitative estimate of drug-likeness (QED) is 0.775. The van der Waals surface area contributed by atoms with Crippen LogP contribution in [0.25, 0.3) is 0 Å². The predicted octanol–water partition coefficient (Wildman–Crippen LogP) is 2.33. The highest BCUT2D eigenvalue weighted by Gasteiger charge is 2.45. The summed E-state index contributed by atoms with van der Waals surface area (Å²) in [7, 11) is 0. The topological polar surface area (TPSA) is 29.1 Å². The Kier molecular flexibility index (Phi) is 1.99. The Balaban J connectivity index is 1.90. The van der Waals surface area contributed by atoms with Gasteiger partial charge in [0.05, 0.1) is 0 Å². The second kappa shape index (κ2) is 3.24. The van der Waals surface area contributed by atoms with Gasteiger partial charge in [-0.15, -0.1) is 0 Å². The number of carbonyl (C=O) groups is 1. The lowest BCUT2D eigenvalue weighted by atomic mass is 9.87. The van der Waals surface area contributed by atoms with E-state index in [2.05, 4.69) is 5.32 Å². The zero-order chi connectivity index (χ0) is 10.4. The van der Waals surface area contributed by atoms with Crippen molar-refractivity contribution >= 4 is 17.5 Å². The SMILES string of the molecule is O=C1N[C@@H]2C[C@H]1[C@@H](c1ccc(Cl)cc1)C2. The van der Waals surface area contributed by atoms with E-state index in [1.807, 2.05) is 24.3 Å². The number of benzene rings is 1. The lowest BCUT2D eigenvalue weighted by molar-refractivity contribution is -0.124. The van der Waals surface area contributed by atoms with Crippen LogP contribution in [-0.4, -0.2) is 11.9 Å². The van der Waals surface area contributed by atoms with Gasteiger partial charge in [0.1, 0.15) is 0 Å². The van der Waals surface area contributed by atoms with Crippen LogP contribution in [0.2, 0.25) is 5.02 Å². The highest BCUT2D eigenvalue weighted by atomic mass is 35.5. The van der Waals surface area contributed by atoms with Crippen molar-refractivity contribution in [1.82, 2.24) is 5.32 Å². The molecule has 2 bridgehead atoms. The first-order valence-electron chi connectivity index (χ1n) is 5.30. The third kappa shape index (κ3) is 1.44. The summed E-state index contributed by atoms with van der Waals surface area (Å²) < 4.78 is 0. The van der Waals surface area contributed by atoms with E-state index >= 15 is 0 Å². The molecule has 1 saturated carbocycles. The van der Waals surface area contributed by atoms with E-state index in [9.17, 15) is 4.79 Å². The molecule has 3 heteroatoms. The summed E-state index contributed by atoms with van der Waals surface area (Å²) in [5.41, 5.74) is 1.25. The van der Waals surface area contributed by atoms with Crippen LogP contribution in [0.5, 0.6) is 0 Å². The summed E-state index contributed by atoms with van der Waals surface area (Å²) in [5, 5.41) is 3.76. The standard InChI is InChI=1S/C12H12ClNO/c13-8-3-1-7(2-4-8)10-5-9-6-11(10)12(15)14-9/h1-4,9-11H,5-6H2,(H,14,15)/t9-,10+,11-/m0/s1. The highest BCUT2D eigenvalue weighted by Crippen LogP contribution is 2.43. The monoisotopic (exact) mass is 221 g/mol. The third-order valence-electron chi connectivity index (χ3n) is 3.54. The molecule has 1 amide bonds. The summed E-state index contributed by atoms with van der Waals surface area (Å²) in [5.74, 6) is 0.823. The van der Waals surface area contributed by atoms with Crippen LogP contribution in [0, 0.1) is 5.92 Å². The van der Waals surface area contributed by atoms with Gasteiger partial charge >= 0.3 is 0 Å². The maximum Gasteiger partial charge on any atom is 0.224 e. The molecule has 2 aliphatic rings. The minimum Gasteiger partial charge on any atom is -0.353 e. The van der Waals surface area contributed by atoms with Crippen molar-refractivity contribution in [2.24, 2.45) is 5.92 Å². The lowest BCUT2D eigenvalue weighted by Gasteiger charge is -2.21. The lowest BCUT2D eigenvalue weighted by Crippen LogP contribution is -2.34. The number of hydrogen-bond acceptors (Lipinski definition) is 1. The van der Waals surface area contributed by atoms with Crippen LogP contribution < -0.4 is 5.32 Å². The van der Waals surface area contributed by atoms with Crippen molar-refractivity contribution in [2.75, 3.05) is 0 Å². The van der Waals surface area contributed by atoms with Gasteiger partial charge in [-0.1, -0.05) is 23.7 Å². The average molecular weight is 222 g/mol. The van der Waals surface area contributed by atoms with E-state index in [1.165, 1.54) is 5.56 Å². The molecule has 2 fully saturated rings. The van der Waals surface area contributed by atoms with Gasteiger partial charge in [0.25, 0.3) is 0 Å². The second-order valence-corrected chi connectivity index (χ2v) is 4.88. The van der Waals surface area contributed by atoms with Crippen molar-refractivity contribution in [1.29, 1.82) is 0 Å². The van der Waals surface area contributed by atoms with Gasteiger partial charge in [0, 0.05) is 17.0 Å². The minimum absolute atomic E-state index is 0.191. The van der Waals surface area contributed by atoms with Gasteiger partial charge in [0.15, 0.2) is 0 Å². The molecule has 0 radical (unpaired) electrons. The first-order valence-corrected chi connectivity index (χ1v) is 5.67. The molecule has 15 heavy (non-hydrogen) atoms. The smallest absolute Gasteiger partial charge is 0.224 e. The Morgan fingerprint density at radius 2 is 1.80 bits per heavy atom. The van der Waals surface area contributed by atoms with Crippen LogP contribution in [0.1, 0.15) is 24.3 Å². The van der Waals surface area contributed by atoms with Crippen molar-refractivity contribution in [3.63, 3.8) is 0 Å². The van der Waals surface area contributed by atoms with Gasteiger partial charge in [-0.2, -0.15) is 0 Å². The van der Waals surface area contributed by atoms with Crippen LogP contribution in [-0.2, 0) is 4.79 Å². The number of carbonyl (C=O) groups excluding carboxylic acids is 1. The fraction of sp³-hybridized carbons (Fsp3) is 0.417. The van der Waals surface area contributed by atoms with Gasteiger partial charge in [0.2, 0.25) is 5.91 Å². The summed E-state index contributed by atoms with van der Waals surface area (Å²) >= 11 is 5.85. The zero-order valence-electron chi connectivity index (χ0n) is 8.24. The maximum atomic E-state index is 11.5. The van der Waals surface area contributed by atoms with E-state index in [1.54, 1.807) is 0 Å². The van der Waals surface area contributed by atoms with Gasteiger partial charge < -0.3 is 5.32 Å². The van der Waals surface area contributed by atoms with E-state index in [4.69, 9.17) is 11.6 Å². The largest absolute Gasteiger partial charge is 0.353 e. The van der Waals surface area contributed by atoms with Crippen molar-refractivity contribution < 1.29 is 4.79 Å². The Hall–Kier alpha value is -1.02. The number of piperidine rings is 1. The number of nitrogens with one attached hydrogen (secondary N) is 1. The van der Waals surface area contributed by atoms with E-state index < -0.39 is 0 Å². The normalized spacial score (nSPS) is 33.1. The van der Waals surface area contributed by atoms with Gasteiger partial charge in [-0.25, -0.2) is 0 Å². The van der Waals surface area contributed by atoms with Gasteiger partial charge in [-0.05, 0) is 36.5 Å². The molecule has 1 saturated heterocycles. The molecule has 1 aromatic rings. The molecule has 2 nitrogen and oxygen atoms in total. The third-order valence-corrected chi connectivity index (χ3v) is 3.80. The number of amides is 1. The molecular formula is C12H12ClNO. The number of fused-ring (bicyclic) bond motifs is 2. The summed E-state index contributed by atoms with van der Waals surface area (Å²) in [6, 6.07) is 8.30. The summed E-state index contributed by atoms with van der Waals surface area (Å²) in [4.78, 5) is 11.5. The maximum absolute atomic E-state index is 11.5. The van der Waals surface area contributed by atoms with Crippen molar-refractivity contribution in [2.45, 2.75) is 24.8 Å².